The van der Waals surface area contributed by atoms with Gasteiger partial charge in [-0.3, -0.25) is 0 Å². The van der Waals surface area contributed by atoms with E-state index in [1.165, 1.54) is 7.11 Å². The minimum absolute atomic E-state index is 0.233. The molecule has 84 valence electrons. The fraction of sp³-hybridized carbons (Fsp3) is 0.154. The van der Waals surface area contributed by atoms with E-state index >= 15 is 0 Å². The SMILES string of the molecule is C=C(CC=Cc1ccc(O)cc1)C(=O)OC. The number of phenolic OH excluding ortho intramolecular Hbond substituents is 1. The van der Waals surface area contributed by atoms with Gasteiger partial charge >= 0.3 is 5.97 Å². The van der Waals surface area contributed by atoms with Crippen molar-refractivity contribution in [2.45, 2.75) is 6.42 Å². The summed E-state index contributed by atoms with van der Waals surface area (Å²) in [6.45, 7) is 3.60. The summed E-state index contributed by atoms with van der Waals surface area (Å²) >= 11 is 0. The normalized spacial score (nSPS) is 10.3. The third kappa shape index (κ3) is 3.61. The van der Waals surface area contributed by atoms with Gasteiger partial charge in [0.05, 0.1) is 7.11 Å². The average molecular weight is 218 g/mol. The molecule has 0 unspecified atom stereocenters. The second-order valence-electron chi connectivity index (χ2n) is 3.29. The number of rotatable bonds is 4. The predicted octanol–water partition coefficient (Wildman–Crippen LogP) is 2.52. The van der Waals surface area contributed by atoms with Crippen LogP contribution >= 0.6 is 0 Å². The van der Waals surface area contributed by atoms with Crippen LogP contribution in [0.4, 0.5) is 0 Å². The van der Waals surface area contributed by atoms with Crippen molar-refractivity contribution in [3.8, 4) is 5.75 Å². The number of methoxy groups -OCH3 is 1. The molecule has 0 saturated carbocycles. The molecule has 0 aliphatic rings. The minimum atomic E-state index is -0.393. The summed E-state index contributed by atoms with van der Waals surface area (Å²) in [6, 6.07) is 6.78. The Morgan fingerprint density at radius 1 is 1.44 bits per heavy atom. The molecule has 0 saturated heterocycles. The number of ether oxygens (including phenoxy) is 1. The molecule has 0 radical (unpaired) electrons. The molecule has 0 bridgehead atoms. The number of benzene rings is 1. The molecule has 0 aliphatic carbocycles. The summed E-state index contributed by atoms with van der Waals surface area (Å²) in [5.41, 5.74) is 1.37. The van der Waals surface area contributed by atoms with Crippen LogP contribution in [0.5, 0.6) is 5.75 Å². The highest BCUT2D eigenvalue weighted by Crippen LogP contribution is 2.11. The van der Waals surface area contributed by atoms with Gasteiger partial charge in [0.25, 0.3) is 0 Å². The second-order valence-corrected chi connectivity index (χ2v) is 3.29. The van der Waals surface area contributed by atoms with Gasteiger partial charge in [-0.2, -0.15) is 0 Å². The summed E-state index contributed by atoms with van der Waals surface area (Å²) in [6.07, 6.45) is 4.13. The Kier molecular flexibility index (Phi) is 4.33. The quantitative estimate of drug-likeness (QED) is 0.624. The van der Waals surface area contributed by atoms with Crippen molar-refractivity contribution >= 4 is 12.0 Å². The van der Waals surface area contributed by atoms with E-state index in [9.17, 15) is 4.79 Å². The molecule has 0 heterocycles. The number of aromatic hydroxyl groups is 1. The second kappa shape index (κ2) is 5.75. The van der Waals surface area contributed by atoms with Crippen molar-refractivity contribution in [3.63, 3.8) is 0 Å². The van der Waals surface area contributed by atoms with Gasteiger partial charge in [0.2, 0.25) is 0 Å². The maximum absolute atomic E-state index is 11.0. The molecule has 0 aromatic heterocycles. The van der Waals surface area contributed by atoms with E-state index in [0.717, 1.165) is 5.56 Å². The lowest BCUT2D eigenvalue weighted by molar-refractivity contribution is -0.136. The number of allylic oxidation sites excluding steroid dienone is 1. The number of esters is 1. The molecule has 0 aliphatic heterocycles. The fourth-order valence-electron chi connectivity index (χ4n) is 1.15. The maximum Gasteiger partial charge on any atom is 0.333 e. The number of phenols is 1. The Morgan fingerprint density at radius 3 is 2.62 bits per heavy atom. The van der Waals surface area contributed by atoms with Gasteiger partial charge < -0.3 is 9.84 Å². The zero-order valence-corrected chi connectivity index (χ0v) is 9.14. The zero-order chi connectivity index (χ0) is 12.0. The van der Waals surface area contributed by atoms with E-state index < -0.39 is 5.97 Å². The highest BCUT2D eigenvalue weighted by atomic mass is 16.5. The summed E-state index contributed by atoms with van der Waals surface area (Å²) in [5, 5.41) is 9.08. The molecule has 0 amide bonds. The van der Waals surface area contributed by atoms with Crippen LogP contribution < -0.4 is 0 Å². The molecule has 1 rings (SSSR count). The lowest BCUT2D eigenvalue weighted by atomic mass is 10.1. The van der Waals surface area contributed by atoms with Crippen molar-refractivity contribution in [3.05, 3.63) is 48.1 Å². The van der Waals surface area contributed by atoms with E-state index in [4.69, 9.17) is 5.11 Å². The van der Waals surface area contributed by atoms with Crippen LogP contribution in [0.1, 0.15) is 12.0 Å². The van der Waals surface area contributed by atoms with Crippen LogP contribution in [0.2, 0.25) is 0 Å². The Hall–Kier alpha value is -2.03. The summed E-state index contributed by atoms with van der Waals surface area (Å²) in [4.78, 5) is 11.0. The van der Waals surface area contributed by atoms with E-state index in [2.05, 4.69) is 11.3 Å². The highest BCUT2D eigenvalue weighted by molar-refractivity contribution is 5.88. The van der Waals surface area contributed by atoms with Crippen LogP contribution in [0.15, 0.2) is 42.5 Å². The first-order chi connectivity index (χ1) is 7.63. The van der Waals surface area contributed by atoms with Gasteiger partial charge in [0.1, 0.15) is 5.75 Å². The van der Waals surface area contributed by atoms with Gasteiger partial charge in [-0.15, -0.1) is 0 Å². The van der Waals surface area contributed by atoms with Crippen molar-refractivity contribution in [1.29, 1.82) is 0 Å². The van der Waals surface area contributed by atoms with Gasteiger partial charge in [-0.1, -0.05) is 30.9 Å². The predicted molar refractivity (Wildman–Crippen MR) is 62.9 cm³/mol. The number of hydrogen-bond acceptors (Lipinski definition) is 3. The Labute approximate surface area is 94.7 Å². The van der Waals surface area contributed by atoms with Gasteiger partial charge in [0.15, 0.2) is 0 Å². The van der Waals surface area contributed by atoms with Gasteiger partial charge in [-0.25, -0.2) is 4.79 Å². The van der Waals surface area contributed by atoms with Gasteiger partial charge in [-0.05, 0) is 24.1 Å². The molecule has 0 atom stereocenters. The molecular formula is C13H14O3. The number of carbonyl (C=O) groups is 1. The number of hydrogen-bond donors (Lipinski definition) is 1. The molecule has 1 aromatic carbocycles. The first-order valence-electron chi connectivity index (χ1n) is 4.85. The Bertz CT molecular complexity index is 402. The molecule has 1 aromatic rings. The third-order valence-electron chi connectivity index (χ3n) is 2.04. The topological polar surface area (TPSA) is 46.5 Å². The van der Waals surface area contributed by atoms with Crippen LogP contribution in [0, 0.1) is 0 Å². The van der Waals surface area contributed by atoms with E-state index in [-0.39, 0.29) is 5.75 Å². The number of carbonyl (C=O) groups excluding carboxylic acids is 1. The van der Waals surface area contributed by atoms with Crippen molar-refractivity contribution in [1.82, 2.24) is 0 Å². The lowest BCUT2D eigenvalue weighted by Crippen LogP contribution is -2.02. The molecule has 0 spiro atoms. The Morgan fingerprint density at radius 2 is 2.06 bits per heavy atom. The largest absolute Gasteiger partial charge is 0.508 e. The monoisotopic (exact) mass is 218 g/mol. The molecule has 16 heavy (non-hydrogen) atoms. The molecule has 1 N–H and O–H groups in total. The smallest absolute Gasteiger partial charge is 0.333 e. The van der Waals surface area contributed by atoms with Crippen molar-refractivity contribution in [2.75, 3.05) is 7.11 Å². The standard InChI is InChI=1S/C13H14O3/c1-10(13(15)16-2)4-3-5-11-6-8-12(14)9-7-11/h3,5-9,14H,1,4H2,2H3. The fourth-order valence-corrected chi connectivity index (χ4v) is 1.15. The van der Waals surface area contributed by atoms with E-state index in [0.29, 0.717) is 12.0 Å². The highest BCUT2D eigenvalue weighted by Gasteiger charge is 2.02. The average Bonchev–Trinajstić information content (AvgIpc) is 2.30. The first kappa shape index (κ1) is 12.0. The molecular weight excluding hydrogens is 204 g/mol. The zero-order valence-electron chi connectivity index (χ0n) is 9.14. The van der Waals surface area contributed by atoms with Crippen molar-refractivity contribution in [2.24, 2.45) is 0 Å². The summed E-state index contributed by atoms with van der Waals surface area (Å²) in [5.74, 6) is -0.161. The van der Waals surface area contributed by atoms with Crippen molar-refractivity contribution < 1.29 is 14.6 Å². The molecule has 0 fully saturated rings. The summed E-state index contributed by atoms with van der Waals surface area (Å²) < 4.78 is 4.53. The Balaban J connectivity index is 2.52. The lowest BCUT2D eigenvalue weighted by Gasteiger charge is -1.98. The van der Waals surface area contributed by atoms with Crippen LogP contribution in [-0.2, 0) is 9.53 Å². The van der Waals surface area contributed by atoms with Crippen LogP contribution in [-0.4, -0.2) is 18.2 Å². The summed E-state index contributed by atoms with van der Waals surface area (Å²) in [7, 11) is 1.33. The molecule has 3 heteroatoms. The van der Waals surface area contributed by atoms with Gasteiger partial charge in [0, 0.05) is 5.57 Å². The van der Waals surface area contributed by atoms with E-state index in [1.807, 2.05) is 12.2 Å². The molecule has 3 nitrogen and oxygen atoms in total. The van der Waals surface area contributed by atoms with Crippen LogP contribution in [0.3, 0.4) is 0 Å². The first-order valence-corrected chi connectivity index (χ1v) is 4.85. The maximum atomic E-state index is 11.0. The van der Waals surface area contributed by atoms with Crippen LogP contribution in [0.25, 0.3) is 6.08 Å². The van der Waals surface area contributed by atoms with E-state index in [1.54, 1.807) is 24.3 Å². The minimum Gasteiger partial charge on any atom is -0.508 e. The third-order valence-corrected chi connectivity index (χ3v) is 2.04.